The molecule has 2 heterocycles. The first kappa shape index (κ1) is 23.1. The Kier molecular flexibility index (Phi) is 7.50. The van der Waals surface area contributed by atoms with Gasteiger partial charge in [-0.15, -0.1) is 0 Å². The van der Waals surface area contributed by atoms with Crippen molar-refractivity contribution in [1.29, 1.82) is 0 Å². The second-order valence-corrected chi connectivity index (χ2v) is 8.91. The maximum Gasteiger partial charge on any atom is 0.255 e. The first-order valence-electron chi connectivity index (χ1n) is 12.2. The number of hydrogen-bond acceptors (Lipinski definition) is 3. The summed E-state index contributed by atoms with van der Waals surface area (Å²) in [6.07, 6.45) is 8.91. The molecule has 0 saturated carbocycles. The van der Waals surface area contributed by atoms with Crippen LogP contribution in [-0.4, -0.2) is 41.5 Å². The van der Waals surface area contributed by atoms with Crippen molar-refractivity contribution in [1.82, 2.24) is 9.88 Å². The molecular weight excluding hydrogens is 410 g/mol. The van der Waals surface area contributed by atoms with Gasteiger partial charge in [0.05, 0.1) is 6.61 Å². The van der Waals surface area contributed by atoms with Gasteiger partial charge >= 0.3 is 0 Å². The molecule has 2 N–H and O–H groups in total. The van der Waals surface area contributed by atoms with Crippen LogP contribution >= 0.6 is 0 Å². The maximum atomic E-state index is 12.9. The number of aromatic amines is 1. The van der Waals surface area contributed by atoms with Crippen molar-refractivity contribution < 1.29 is 9.53 Å². The summed E-state index contributed by atoms with van der Waals surface area (Å²) in [5, 5.41) is 4.20. The molecule has 1 aliphatic heterocycles. The fourth-order valence-electron chi connectivity index (χ4n) is 4.54. The number of ether oxygens (including phenoxy) is 1. The Bertz CT molecular complexity index is 1130. The number of rotatable bonds is 9. The van der Waals surface area contributed by atoms with Crippen LogP contribution in [0.25, 0.3) is 16.5 Å². The Hall–Kier alpha value is -3.05. The summed E-state index contributed by atoms with van der Waals surface area (Å²) in [7, 11) is 0. The fraction of sp³-hybridized carbons (Fsp3) is 0.393. The number of carbonyl (C=O) groups is 1. The molecule has 3 aromatic rings. The molecule has 0 saturated heterocycles. The normalized spacial score (nSPS) is 15.3. The van der Waals surface area contributed by atoms with Crippen LogP contribution in [0.3, 0.4) is 0 Å². The van der Waals surface area contributed by atoms with E-state index in [2.05, 4.69) is 54.3 Å². The predicted octanol–water partition coefficient (Wildman–Crippen LogP) is 6.49. The largest absolute Gasteiger partial charge is 0.494 e. The number of nitrogens with one attached hydrogen (secondary N) is 2. The van der Waals surface area contributed by atoms with Gasteiger partial charge in [0.2, 0.25) is 0 Å². The number of benzene rings is 2. The summed E-state index contributed by atoms with van der Waals surface area (Å²) in [6.45, 7) is 9.37. The van der Waals surface area contributed by atoms with Crippen molar-refractivity contribution >= 4 is 28.1 Å². The zero-order valence-electron chi connectivity index (χ0n) is 20.0. The third kappa shape index (κ3) is 5.48. The molecule has 0 bridgehead atoms. The van der Waals surface area contributed by atoms with Crippen LogP contribution in [-0.2, 0) is 0 Å². The lowest BCUT2D eigenvalue weighted by atomic mass is 9.97. The fourth-order valence-corrected chi connectivity index (χ4v) is 4.54. The van der Waals surface area contributed by atoms with E-state index in [-0.39, 0.29) is 5.91 Å². The SMILES string of the molecule is CCCOc1cccc(C(=O)Nc2ccc3[nH]cc(C4=CCN(C(C)CCC)CC4)c3c2)c1. The molecule has 0 aliphatic carbocycles. The van der Waals surface area contributed by atoms with Crippen LogP contribution in [0.4, 0.5) is 5.69 Å². The minimum Gasteiger partial charge on any atom is -0.494 e. The number of fused-ring (bicyclic) bond motifs is 1. The molecule has 0 spiro atoms. The third-order valence-electron chi connectivity index (χ3n) is 6.42. The van der Waals surface area contributed by atoms with Crippen molar-refractivity contribution in [3.63, 3.8) is 0 Å². The van der Waals surface area contributed by atoms with Gasteiger partial charge in [0.25, 0.3) is 5.91 Å². The zero-order chi connectivity index (χ0) is 23.2. The number of carbonyl (C=O) groups excluding carboxylic acids is 1. The standard InChI is InChI=1S/C28H35N3O2/c1-4-7-20(3)31-14-12-21(13-15-31)26-19-29-27-11-10-23(18-25(26)27)30-28(32)22-8-6-9-24(17-22)33-16-5-2/h6,8-12,17-20,29H,4-5,7,13-16H2,1-3H3,(H,30,32). The van der Waals surface area contributed by atoms with Gasteiger partial charge in [0.15, 0.2) is 0 Å². The van der Waals surface area contributed by atoms with E-state index in [1.165, 1.54) is 24.0 Å². The van der Waals surface area contributed by atoms with Crippen molar-refractivity contribution in [2.45, 2.75) is 52.5 Å². The molecule has 33 heavy (non-hydrogen) atoms. The van der Waals surface area contributed by atoms with Gasteiger partial charge in [-0.1, -0.05) is 32.4 Å². The highest BCUT2D eigenvalue weighted by Crippen LogP contribution is 2.31. The zero-order valence-corrected chi connectivity index (χ0v) is 20.0. The van der Waals surface area contributed by atoms with E-state index in [4.69, 9.17) is 4.74 Å². The smallest absolute Gasteiger partial charge is 0.255 e. The Balaban J connectivity index is 1.50. The van der Waals surface area contributed by atoms with E-state index in [9.17, 15) is 4.79 Å². The number of nitrogens with zero attached hydrogens (tertiary/aromatic N) is 1. The molecule has 0 radical (unpaired) electrons. The van der Waals surface area contributed by atoms with Gasteiger partial charge in [-0.2, -0.15) is 0 Å². The minimum absolute atomic E-state index is 0.134. The first-order valence-corrected chi connectivity index (χ1v) is 12.2. The molecule has 1 aliphatic rings. The summed E-state index contributed by atoms with van der Waals surface area (Å²) in [4.78, 5) is 18.8. The molecule has 2 aromatic carbocycles. The van der Waals surface area contributed by atoms with Crippen LogP contribution in [0.15, 0.2) is 54.7 Å². The summed E-state index contributed by atoms with van der Waals surface area (Å²) in [5.74, 6) is 0.588. The van der Waals surface area contributed by atoms with Crippen molar-refractivity contribution in [3.8, 4) is 5.75 Å². The van der Waals surface area contributed by atoms with E-state index < -0.39 is 0 Å². The van der Waals surface area contributed by atoms with Crippen LogP contribution < -0.4 is 10.1 Å². The van der Waals surface area contributed by atoms with Crippen LogP contribution in [0.1, 0.15) is 62.4 Å². The number of H-pyrrole nitrogens is 1. The van der Waals surface area contributed by atoms with Gasteiger partial charge in [0.1, 0.15) is 5.75 Å². The second-order valence-electron chi connectivity index (χ2n) is 8.91. The number of amides is 1. The molecule has 1 atom stereocenters. The van der Waals surface area contributed by atoms with E-state index >= 15 is 0 Å². The summed E-state index contributed by atoms with van der Waals surface area (Å²) in [6, 6.07) is 14.0. The highest BCUT2D eigenvalue weighted by atomic mass is 16.5. The molecule has 1 unspecified atom stereocenters. The first-order chi connectivity index (χ1) is 16.1. The lowest BCUT2D eigenvalue weighted by Gasteiger charge is -2.31. The van der Waals surface area contributed by atoms with Gasteiger partial charge in [-0.3, -0.25) is 9.69 Å². The van der Waals surface area contributed by atoms with Crippen LogP contribution in [0.2, 0.25) is 0 Å². The van der Waals surface area contributed by atoms with Gasteiger partial charge in [-0.05, 0) is 68.2 Å². The molecule has 0 fully saturated rings. The lowest BCUT2D eigenvalue weighted by Crippen LogP contribution is -2.36. The third-order valence-corrected chi connectivity index (χ3v) is 6.42. The van der Waals surface area contributed by atoms with E-state index in [0.29, 0.717) is 18.2 Å². The highest BCUT2D eigenvalue weighted by molar-refractivity contribution is 6.06. The Labute approximate surface area is 196 Å². The molecule has 5 nitrogen and oxygen atoms in total. The Morgan fingerprint density at radius 3 is 2.82 bits per heavy atom. The number of aromatic nitrogens is 1. The van der Waals surface area contributed by atoms with Crippen LogP contribution in [0.5, 0.6) is 5.75 Å². The van der Waals surface area contributed by atoms with E-state index in [1.807, 2.05) is 30.3 Å². The molecule has 1 amide bonds. The topological polar surface area (TPSA) is 57.4 Å². The average molecular weight is 446 g/mol. The van der Waals surface area contributed by atoms with E-state index in [1.54, 1.807) is 6.07 Å². The quantitative estimate of drug-likeness (QED) is 0.396. The van der Waals surface area contributed by atoms with Gasteiger partial charge in [0, 0.05) is 53.0 Å². The summed E-state index contributed by atoms with van der Waals surface area (Å²) < 4.78 is 5.67. The van der Waals surface area contributed by atoms with Crippen molar-refractivity contribution in [3.05, 3.63) is 65.9 Å². The van der Waals surface area contributed by atoms with Gasteiger partial charge in [-0.25, -0.2) is 0 Å². The van der Waals surface area contributed by atoms with Crippen LogP contribution in [0, 0.1) is 0 Å². The van der Waals surface area contributed by atoms with Crippen molar-refractivity contribution in [2.24, 2.45) is 0 Å². The van der Waals surface area contributed by atoms with E-state index in [0.717, 1.165) is 48.3 Å². The minimum atomic E-state index is -0.134. The van der Waals surface area contributed by atoms with Crippen molar-refractivity contribution in [2.75, 3.05) is 25.0 Å². The molecule has 1 aromatic heterocycles. The monoisotopic (exact) mass is 445 g/mol. The Morgan fingerprint density at radius 1 is 1.18 bits per heavy atom. The number of anilines is 1. The van der Waals surface area contributed by atoms with Gasteiger partial charge < -0.3 is 15.0 Å². The number of hydrogen-bond donors (Lipinski definition) is 2. The molecular formula is C28H35N3O2. The lowest BCUT2D eigenvalue weighted by molar-refractivity contribution is 0.102. The highest BCUT2D eigenvalue weighted by Gasteiger charge is 2.19. The predicted molar refractivity (Wildman–Crippen MR) is 137 cm³/mol. The Morgan fingerprint density at radius 2 is 2.06 bits per heavy atom. The maximum absolute atomic E-state index is 12.9. The summed E-state index contributed by atoms with van der Waals surface area (Å²) in [5.41, 5.74) is 5.09. The molecule has 174 valence electrons. The molecule has 4 rings (SSSR count). The second kappa shape index (κ2) is 10.7. The molecule has 5 heteroatoms. The summed E-state index contributed by atoms with van der Waals surface area (Å²) >= 11 is 0. The average Bonchev–Trinajstić information content (AvgIpc) is 3.26.